The van der Waals surface area contributed by atoms with E-state index in [1.165, 1.54) is 0 Å². The van der Waals surface area contributed by atoms with Crippen LogP contribution in [0, 0.1) is 0 Å². The Morgan fingerprint density at radius 1 is 1.40 bits per heavy atom. The van der Waals surface area contributed by atoms with Crippen molar-refractivity contribution in [1.29, 1.82) is 0 Å². The van der Waals surface area contributed by atoms with Crippen LogP contribution in [0.5, 0.6) is 0 Å². The average molecular weight is 294 g/mol. The van der Waals surface area contributed by atoms with Crippen LogP contribution < -0.4 is 10.5 Å². The summed E-state index contributed by atoms with van der Waals surface area (Å²) in [7, 11) is -1.72. The Balaban J connectivity index is 2.19. The molecule has 1 aromatic carbocycles. The zero-order valence-electron chi connectivity index (χ0n) is 11.5. The molecule has 2 aromatic rings. The number of nitrogens with one attached hydrogen (secondary N) is 1. The average Bonchev–Trinajstić information content (AvgIpc) is 2.67. The van der Waals surface area contributed by atoms with Crippen LogP contribution in [0.25, 0.3) is 0 Å². The minimum atomic E-state index is -3.48. The van der Waals surface area contributed by atoms with E-state index in [0.717, 1.165) is 5.69 Å². The van der Waals surface area contributed by atoms with Gasteiger partial charge in [-0.1, -0.05) is 19.1 Å². The third-order valence-electron chi connectivity index (χ3n) is 2.81. The maximum atomic E-state index is 12.2. The summed E-state index contributed by atoms with van der Waals surface area (Å²) in [6.45, 7) is 1.93. The van der Waals surface area contributed by atoms with Crippen LogP contribution in [0.2, 0.25) is 0 Å². The molecule has 0 bridgehead atoms. The molecule has 0 fully saturated rings. The zero-order chi connectivity index (χ0) is 14.8. The maximum absolute atomic E-state index is 12.2. The van der Waals surface area contributed by atoms with Crippen LogP contribution >= 0.6 is 0 Å². The van der Waals surface area contributed by atoms with Gasteiger partial charge in [0.15, 0.2) is 0 Å². The van der Waals surface area contributed by atoms with Crippen molar-refractivity contribution in [1.82, 2.24) is 9.78 Å². The van der Waals surface area contributed by atoms with Crippen molar-refractivity contribution < 1.29 is 8.42 Å². The fraction of sp³-hybridized carbons (Fsp3) is 0.308. The molecule has 0 spiro atoms. The number of sulfonamides is 1. The van der Waals surface area contributed by atoms with Gasteiger partial charge in [-0.25, -0.2) is 8.42 Å². The van der Waals surface area contributed by atoms with E-state index in [1.54, 1.807) is 42.2 Å². The molecule has 7 heteroatoms. The number of hydrogen-bond acceptors (Lipinski definition) is 4. The van der Waals surface area contributed by atoms with Gasteiger partial charge in [-0.05, 0) is 24.1 Å². The van der Waals surface area contributed by atoms with Gasteiger partial charge in [0.2, 0.25) is 10.0 Å². The number of aromatic nitrogens is 2. The van der Waals surface area contributed by atoms with E-state index >= 15 is 0 Å². The zero-order valence-corrected chi connectivity index (χ0v) is 12.3. The molecule has 108 valence electrons. The van der Waals surface area contributed by atoms with Gasteiger partial charge in [-0.15, -0.1) is 0 Å². The number of nitrogens with two attached hydrogens (primary N) is 1. The van der Waals surface area contributed by atoms with Crippen LogP contribution in [-0.2, 0) is 29.2 Å². The lowest BCUT2D eigenvalue weighted by Crippen LogP contribution is -2.15. The van der Waals surface area contributed by atoms with Gasteiger partial charge in [0.1, 0.15) is 0 Å². The van der Waals surface area contributed by atoms with E-state index in [4.69, 9.17) is 5.73 Å². The van der Waals surface area contributed by atoms with Gasteiger partial charge in [0.05, 0.1) is 17.1 Å². The van der Waals surface area contributed by atoms with Gasteiger partial charge in [-0.2, -0.15) is 5.10 Å². The minimum Gasteiger partial charge on any atom is -0.399 e. The molecule has 0 atom stereocenters. The molecule has 20 heavy (non-hydrogen) atoms. The molecule has 0 aliphatic rings. The Labute approximate surface area is 118 Å². The summed E-state index contributed by atoms with van der Waals surface area (Å²) < 4.78 is 28.5. The summed E-state index contributed by atoms with van der Waals surface area (Å²) in [6, 6.07) is 6.85. The number of nitrogens with zero attached hydrogens (tertiary/aromatic N) is 2. The van der Waals surface area contributed by atoms with E-state index < -0.39 is 10.0 Å². The molecule has 0 radical (unpaired) electrons. The lowest BCUT2D eigenvalue weighted by atomic mass is 10.2. The van der Waals surface area contributed by atoms with Crippen molar-refractivity contribution in [2.45, 2.75) is 19.1 Å². The highest BCUT2D eigenvalue weighted by atomic mass is 32.2. The Bertz CT molecular complexity index is 707. The molecule has 0 saturated heterocycles. The van der Waals surface area contributed by atoms with Crippen molar-refractivity contribution in [2.24, 2.45) is 7.05 Å². The number of anilines is 2. The smallest absolute Gasteiger partial charge is 0.237 e. The quantitative estimate of drug-likeness (QED) is 0.818. The Morgan fingerprint density at radius 2 is 2.15 bits per heavy atom. The van der Waals surface area contributed by atoms with Gasteiger partial charge < -0.3 is 5.73 Å². The second-order valence-corrected chi connectivity index (χ2v) is 6.35. The molecular formula is C13H18N4O2S. The minimum absolute atomic E-state index is 0.115. The molecule has 1 heterocycles. The van der Waals surface area contributed by atoms with E-state index in [0.29, 0.717) is 23.4 Å². The molecule has 0 aliphatic carbocycles. The second kappa shape index (κ2) is 5.54. The van der Waals surface area contributed by atoms with Crippen LogP contribution in [0.3, 0.4) is 0 Å². The third-order valence-corrected chi connectivity index (χ3v) is 4.06. The number of aryl methyl sites for hydroxylation is 2. The monoisotopic (exact) mass is 294 g/mol. The molecule has 6 nitrogen and oxygen atoms in total. The van der Waals surface area contributed by atoms with Gasteiger partial charge in [0, 0.05) is 18.9 Å². The van der Waals surface area contributed by atoms with E-state index in [-0.39, 0.29) is 5.75 Å². The molecule has 2 rings (SSSR count). The van der Waals surface area contributed by atoms with Gasteiger partial charge in [-0.3, -0.25) is 9.40 Å². The van der Waals surface area contributed by atoms with Crippen LogP contribution in [-0.4, -0.2) is 18.2 Å². The van der Waals surface area contributed by atoms with E-state index in [9.17, 15) is 8.42 Å². The van der Waals surface area contributed by atoms with E-state index in [1.807, 2.05) is 6.92 Å². The molecule has 1 aromatic heterocycles. The normalized spacial score (nSPS) is 11.5. The Morgan fingerprint density at radius 3 is 2.80 bits per heavy atom. The maximum Gasteiger partial charge on any atom is 0.237 e. The van der Waals surface area contributed by atoms with Gasteiger partial charge in [0.25, 0.3) is 0 Å². The first-order valence-corrected chi connectivity index (χ1v) is 7.92. The second-order valence-electron chi connectivity index (χ2n) is 4.62. The largest absolute Gasteiger partial charge is 0.399 e. The standard InChI is InChI=1S/C13H18N4O2S/c1-3-12-13(8-17(2)15-12)16-20(18,19)9-10-5-4-6-11(14)7-10/h4-8,16H,3,9,14H2,1-2H3. The Hall–Kier alpha value is -2.02. The summed E-state index contributed by atoms with van der Waals surface area (Å²) in [5.74, 6) is -0.115. The van der Waals surface area contributed by atoms with E-state index in [2.05, 4.69) is 9.82 Å². The topological polar surface area (TPSA) is 90.0 Å². The molecular weight excluding hydrogens is 276 g/mol. The fourth-order valence-corrected chi connectivity index (χ4v) is 3.18. The summed E-state index contributed by atoms with van der Waals surface area (Å²) in [6.07, 6.45) is 2.33. The highest BCUT2D eigenvalue weighted by Gasteiger charge is 2.15. The van der Waals surface area contributed by atoms with Crippen molar-refractivity contribution in [3.05, 3.63) is 41.7 Å². The number of hydrogen-bond donors (Lipinski definition) is 2. The highest BCUT2D eigenvalue weighted by molar-refractivity contribution is 7.91. The van der Waals surface area contributed by atoms with Crippen molar-refractivity contribution >= 4 is 21.4 Å². The summed E-state index contributed by atoms with van der Waals surface area (Å²) in [5, 5.41) is 4.20. The molecule has 0 aliphatic heterocycles. The van der Waals surface area contributed by atoms with Crippen LogP contribution in [0.15, 0.2) is 30.5 Å². The molecule has 0 unspecified atom stereocenters. The number of rotatable bonds is 5. The summed E-state index contributed by atoms with van der Waals surface area (Å²) >= 11 is 0. The molecule has 3 N–H and O–H groups in total. The third kappa shape index (κ3) is 3.51. The van der Waals surface area contributed by atoms with Gasteiger partial charge >= 0.3 is 0 Å². The predicted molar refractivity (Wildman–Crippen MR) is 79.7 cm³/mol. The fourth-order valence-electron chi connectivity index (χ4n) is 1.99. The van der Waals surface area contributed by atoms with Crippen LogP contribution in [0.1, 0.15) is 18.2 Å². The van der Waals surface area contributed by atoms with Crippen molar-refractivity contribution in [2.75, 3.05) is 10.5 Å². The SMILES string of the molecule is CCc1nn(C)cc1NS(=O)(=O)Cc1cccc(N)c1. The molecule has 0 saturated carbocycles. The first-order valence-electron chi connectivity index (χ1n) is 6.27. The predicted octanol–water partition coefficient (Wildman–Crippen LogP) is 1.51. The highest BCUT2D eigenvalue weighted by Crippen LogP contribution is 2.18. The molecule has 0 amide bonds. The first kappa shape index (κ1) is 14.4. The summed E-state index contributed by atoms with van der Waals surface area (Å²) in [5.41, 5.74) is 8.10. The lowest BCUT2D eigenvalue weighted by Gasteiger charge is -2.08. The van der Waals surface area contributed by atoms with Crippen molar-refractivity contribution in [3.8, 4) is 0 Å². The lowest BCUT2D eigenvalue weighted by molar-refractivity contribution is 0.600. The first-order chi connectivity index (χ1) is 9.39. The number of benzene rings is 1. The van der Waals surface area contributed by atoms with Crippen molar-refractivity contribution in [3.63, 3.8) is 0 Å². The number of nitrogen functional groups attached to an aromatic ring is 1. The Kier molecular flexibility index (Phi) is 3.99. The summed E-state index contributed by atoms with van der Waals surface area (Å²) in [4.78, 5) is 0. The van der Waals surface area contributed by atoms with Crippen LogP contribution in [0.4, 0.5) is 11.4 Å².